The highest BCUT2D eigenvalue weighted by atomic mass is 16.2. The minimum atomic E-state index is -0.757. The van der Waals surface area contributed by atoms with E-state index in [9.17, 15) is 14.4 Å². The zero-order chi connectivity index (χ0) is 24.9. The summed E-state index contributed by atoms with van der Waals surface area (Å²) in [5.74, 6) is 10.7. The second kappa shape index (κ2) is 10.0. The SMILES string of the molecule is CC#CC(=O)N1CCCC[C@H]1c1nc(-c2ccc(C(=O)Nc3cccnn3)cc2)c(C(N)=O)n1N. The van der Waals surface area contributed by atoms with Gasteiger partial charge in [-0.1, -0.05) is 18.1 Å². The van der Waals surface area contributed by atoms with Crippen LogP contribution in [0.1, 0.15) is 58.9 Å². The fraction of sp³-hybridized carbons (Fsp3) is 0.250. The van der Waals surface area contributed by atoms with Gasteiger partial charge in [-0.2, -0.15) is 5.10 Å². The van der Waals surface area contributed by atoms with E-state index in [1.54, 1.807) is 48.2 Å². The van der Waals surface area contributed by atoms with Crippen LogP contribution in [0.3, 0.4) is 0 Å². The molecule has 2 aromatic heterocycles. The summed E-state index contributed by atoms with van der Waals surface area (Å²) >= 11 is 0. The molecule has 0 spiro atoms. The number of amides is 3. The number of aromatic nitrogens is 4. The maximum Gasteiger partial charge on any atom is 0.299 e. The second-order valence-electron chi connectivity index (χ2n) is 7.93. The number of imidazole rings is 1. The quantitative estimate of drug-likeness (QED) is 0.374. The molecule has 1 atom stereocenters. The van der Waals surface area contributed by atoms with E-state index >= 15 is 0 Å². The van der Waals surface area contributed by atoms with Crippen molar-refractivity contribution >= 4 is 23.5 Å². The number of primary amides is 1. The Morgan fingerprint density at radius 2 is 1.91 bits per heavy atom. The van der Waals surface area contributed by atoms with Crippen LogP contribution in [0, 0.1) is 11.8 Å². The van der Waals surface area contributed by atoms with E-state index in [0.29, 0.717) is 35.7 Å². The maximum atomic E-state index is 12.6. The molecule has 4 rings (SSSR count). The number of likely N-dealkylation sites (tertiary alicyclic amines) is 1. The predicted molar refractivity (Wildman–Crippen MR) is 128 cm³/mol. The second-order valence-corrected chi connectivity index (χ2v) is 7.93. The lowest BCUT2D eigenvalue weighted by molar-refractivity contribution is -0.129. The molecular formula is C24H24N8O3. The molecule has 0 unspecified atom stereocenters. The van der Waals surface area contributed by atoms with Crippen molar-refractivity contribution in [1.82, 2.24) is 24.8 Å². The van der Waals surface area contributed by atoms with Crippen molar-refractivity contribution in [2.75, 3.05) is 17.7 Å². The van der Waals surface area contributed by atoms with Gasteiger partial charge in [-0.05, 0) is 56.4 Å². The summed E-state index contributed by atoms with van der Waals surface area (Å²) in [7, 11) is 0. The molecule has 35 heavy (non-hydrogen) atoms. The van der Waals surface area contributed by atoms with Crippen LogP contribution < -0.4 is 16.9 Å². The van der Waals surface area contributed by atoms with Gasteiger partial charge in [0, 0.05) is 23.9 Å². The fourth-order valence-corrected chi connectivity index (χ4v) is 4.08. The minimum absolute atomic E-state index is 0.0105. The Morgan fingerprint density at radius 3 is 2.57 bits per heavy atom. The fourth-order valence-electron chi connectivity index (χ4n) is 4.08. The first-order valence-electron chi connectivity index (χ1n) is 11.0. The Labute approximate surface area is 201 Å². The van der Waals surface area contributed by atoms with Crippen molar-refractivity contribution in [1.29, 1.82) is 0 Å². The lowest BCUT2D eigenvalue weighted by Gasteiger charge is -2.33. The van der Waals surface area contributed by atoms with Crippen molar-refractivity contribution in [3.8, 4) is 23.1 Å². The van der Waals surface area contributed by atoms with E-state index in [2.05, 4.69) is 32.3 Å². The molecule has 1 aliphatic heterocycles. The molecule has 178 valence electrons. The summed E-state index contributed by atoms with van der Waals surface area (Å²) < 4.78 is 1.15. The third-order valence-electron chi connectivity index (χ3n) is 5.70. The number of carbonyl (C=O) groups excluding carboxylic acids is 3. The number of hydrogen-bond acceptors (Lipinski definition) is 7. The Hall–Kier alpha value is -4.72. The number of benzene rings is 1. The van der Waals surface area contributed by atoms with E-state index in [1.165, 1.54) is 6.20 Å². The molecule has 0 radical (unpaired) electrons. The summed E-state index contributed by atoms with van der Waals surface area (Å²) in [4.78, 5) is 43.6. The Kier molecular flexibility index (Phi) is 6.73. The summed E-state index contributed by atoms with van der Waals surface area (Å²) in [6.45, 7) is 2.11. The van der Waals surface area contributed by atoms with Crippen LogP contribution >= 0.6 is 0 Å². The van der Waals surface area contributed by atoms with Gasteiger partial charge >= 0.3 is 0 Å². The lowest BCUT2D eigenvalue weighted by Crippen LogP contribution is -2.40. The first kappa shape index (κ1) is 23.4. The smallest absolute Gasteiger partial charge is 0.299 e. The molecule has 0 bridgehead atoms. The predicted octanol–water partition coefficient (Wildman–Crippen LogP) is 1.48. The summed E-state index contributed by atoms with van der Waals surface area (Å²) in [6.07, 6.45) is 3.85. The van der Waals surface area contributed by atoms with E-state index < -0.39 is 11.9 Å². The van der Waals surface area contributed by atoms with Crippen molar-refractivity contribution in [3.63, 3.8) is 0 Å². The highest BCUT2D eigenvalue weighted by Crippen LogP contribution is 2.33. The number of piperidine rings is 1. The topological polar surface area (TPSA) is 162 Å². The molecule has 1 fully saturated rings. The molecule has 3 aromatic rings. The molecule has 1 aromatic carbocycles. The van der Waals surface area contributed by atoms with E-state index in [4.69, 9.17) is 11.6 Å². The Bertz CT molecular complexity index is 1320. The molecule has 11 nitrogen and oxygen atoms in total. The van der Waals surface area contributed by atoms with Crippen molar-refractivity contribution < 1.29 is 14.4 Å². The van der Waals surface area contributed by atoms with Gasteiger partial charge in [-0.3, -0.25) is 14.4 Å². The number of nitrogens with zero attached hydrogens (tertiary/aromatic N) is 5. The van der Waals surface area contributed by atoms with E-state index in [-0.39, 0.29) is 23.2 Å². The zero-order valence-corrected chi connectivity index (χ0v) is 19.1. The molecule has 3 heterocycles. The van der Waals surface area contributed by atoms with Gasteiger partial charge in [0.1, 0.15) is 5.69 Å². The molecule has 1 saturated heterocycles. The molecule has 0 saturated carbocycles. The van der Waals surface area contributed by atoms with Crippen LogP contribution in [0.25, 0.3) is 11.3 Å². The Morgan fingerprint density at radius 1 is 1.14 bits per heavy atom. The number of carbonyl (C=O) groups is 3. The van der Waals surface area contributed by atoms with Gasteiger partial charge < -0.3 is 21.8 Å². The largest absolute Gasteiger partial charge is 0.364 e. The molecule has 1 aliphatic rings. The summed E-state index contributed by atoms with van der Waals surface area (Å²) in [5.41, 5.74) is 6.84. The van der Waals surface area contributed by atoms with Crippen LogP contribution in [0.4, 0.5) is 5.82 Å². The van der Waals surface area contributed by atoms with Crippen LogP contribution in [-0.2, 0) is 4.79 Å². The third-order valence-corrected chi connectivity index (χ3v) is 5.70. The highest BCUT2D eigenvalue weighted by Gasteiger charge is 2.33. The first-order valence-corrected chi connectivity index (χ1v) is 11.0. The molecular weight excluding hydrogens is 448 g/mol. The summed E-state index contributed by atoms with van der Waals surface area (Å²) in [6, 6.07) is 9.33. The van der Waals surface area contributed by atoms with E-state index in [1.807, 2.05) is 0 Å². The van der Waals surface area contributed by atoms with Gasteiger partial charge in [0.25, 0.3) is 17.7 Å². The average molecular weight is 473 g/mol. The first-order chi connectivity index (χ1) is 16.9. The number of anilines is 1. The van der Waals surface area contributed by atoms with Crippen LogP contribution in [0.2, 0.25) is 0 Å². The number of rotatable bonds is 5. The zero-order valence-electron chi connectivity index (χ0n) is 19.1. The summed E-state index contributed by atoms with van der Waals surface area (Å²) in [5, 5.41) is 10.2. The molecule has 0 aliphatic carbocycles. The minimum Gasteiger partial charge on any atom is -0.364 e. The molecule has 5 N–H and O–H groups in total. The average Bonchev–Trinajstić information content (AvgIpc) is 3.22. The standard InChI is InChI=1S/C24H24N8O3/c1-2-6-19(33)31-14-4-3-7-17(31)23-29-20(21(22(25)34)32(23)26)15-9-11-16(12-10-15)24(35)28-18-8-5-13-27-30-18/h5,8-13,17H,3-4,7,14,26H2,1H3,(H2,25,34)(H,28,30,35)/t17-/m0/s1. The van der Waals surface area contributed by atoms with Crippen molar-refractivity contribution in [2.45, 2.75) is 32.2 Å². The van der Waals surface area contributed by atoms with Gasteiger partial charge in [-0.15, -0.1) is 5.10 Å². The van der Waals surface area contributed by atoms with Crippen molar-refractivity contribution in [2.24, 2.45) is 5.73 Å². The van der Waals surface area contributed by atoms with E-state index in [0.717, 1.165) is 17.5 Å². The molecule has 3 amide bonds. The number of nitrogens with one attached hydrogen (secondary N) is 1. The monoisotopic (exact) mass is 472 g/mol. The maximum absolute atomic E-state index is 12.6. The Balaban J connectivity index is 1.66. The van der Waals surface area contributed by atoms with Crippen LogP contribution in [0.15, 0.2) is 42.6 Å². The van der Waals surface area contributed by atoms with Crippen LogP contribution in [-0.4, -0.2) is 49.0 Å². The highest BCUT2D eigenvalue weighted by molar-refractivity contribution is 6.04. The van der Waals surface area contributed by atoms with Gasteiger partial charge in [0.2, 0.25) is 0 Å². The van der Waals surface area contributed by atoms with Gasteiger partial charge in [-0.25, -0.2) is 9.66 Å². The third kappa shape index (κ3) is 4.81. The van der Waals surface area contributed by atoms with Gasteiger partial charge in [0.15, 0.2) is 17.3 Å². The van der Waals surface area contributed by atoms with Crippen molar-refractivity contribution in [3.05, 3.63) is 59.7 Å². The normalized spacial score (nSPS) is 15.1. The van der Waals surface area contributed by atoms with Gasteiger partial charge in [0.05, 0.1) is 6.04 Å². The number of nitrogens with two attached hydrogens (primary N) is 2. The van der Waals surface area contributed by atoms with Crippen LogP contribution in [0.5, 0.6) is 0 Å². The lowest BCUT2D eigenvalue weighted by atomic mass is 10.0. The number of hydrogen-bond donors (Lipinski definition) is 3. The number of nitrogen functional groups attached to an aromatic ring is 1. The molecule has 11 heteroatoms.